The Kier molecular flexibility index (Phi) is 6.96. The summed E-state index contributed by atoms with van der Waals surface area (Å²) in [5.41, 5.74) is 1.25. The summed E-state index contributed by atoms with van der Waals surface area (Å²) in [6.07, 6.45) is 0.358. The highest BCUT2D eigenvalue weighted by Crippen LogP contribution is 2.32. The molecule has 1 unspecified atom stereocenters. The van der Waals surface area contributed by atoms with Crippen LogP contribution in [-0.2, 0) is 16.0 Å². The first-order valence-corrected chi connectivity index (χ1v) is 9.75. The Labute approximate surface area is 177 Å². The van der Waals surface area contributed by atoms with Gasteiger partial charge < -0.3 is 29.4 Å². The molecule has 3 N–H and O–H groups in total. The Hall–Kier alpha value is -2.92. The molecule has 1 aromatic heterocycles. The number of halogens is 2. The number of carbonyl (C=O) groups is 2. The molecular weight excluding hydrogens is 413 g/mol. The van der Waals surface area contributed by atoms with E-state index in [1.165, 1.54) is 11.2 Å². The largest absolute Gasteiger partial charge is 0.475 e. The van der Waals surface area contributed by atoms with Crippen LogP contribution >= 0.6 is 0 Å². The highest BCUT2D eigenvalue weighted by atomic mass is 19.3. The van der Waals surface area contributed by atoms with E-state index < -0.39 is 56.5 Å². The van der Waals surface area contributed by atoms with Crippen molar-refractivity contribution < 1.29 is 37.6 Å². The quantitative estimate of drug-likeness (QED) is 0.452. The second kappa shape index (κ2) is 9.48. The molecular formula is C20H23BF2N2O6. The molecule has 1 aliphatic heterocycles. The number of likely N-dealkylation sites (tertiary alicyclic amines) is 1. The number of hydrogen-bond donors (Lipinski definition) is 3. The van der Waals surface area contributed by atoms with Crippen LogP contribution in [0.4, 0.5) is 13.6 Å². The lowest BCUT2D eigenvalue weighted by atomic mass is 9.76. The van der Waals surface area contributed by atoms with E-state index >= 15 is 0 Å². The third-order valence-corrected chi connectivity index (χ3v) is 5.22. The Bertz CT molecular complexity index is 951. The molecule has 0 spiro atoms. The SMILES string of the molecule is C=CC(=O)N1CCC(F)(F)C[C@@H]1COC(=O)NC(Cc1coc2ccccc12)B(O)O. The Balaban J connectivity index is 1.61. The number of piperidine rings is 1. The fourth-order valence-corrected chi connectivity index (χ4v) is 3.60. The molecule has 1 saturated heterocycles. The zero-order valence-electron chi connectivity index (χ0n) is 16.7. The van der Waals surface area contributed by atoms with Gasteiger partial charge in [-0.2, -0.15) is 0 Å². The smallest absolute Gasteiger partial charge is 0.464 e. The fourth-order valence-electron chi connectivity index (χ4n) is 3.60. The molecule has 3 rings (SSSR count). The van der Waals surface area contributed by atoms with Crippen molar-refractivity contribution in [3.8, 4) is 0 Å². The van der Waals surface area contributed by atoms with Crippen LogP contribution in [0.25, 0.3) is 11.0 Å². The Morgan fingerprint density at radius 2 is 2.16 bits per heavy atom. The third kappa shape index (κ3) is 5.62. The molecule has 0 saturated carbocycles. The van der Waals surface area contributed by atoms with E-state index in [4.69, 9.17) is 9.15 Å². The summed E-state index contributed by atoms with van der Waals surface area (Å²) in [6, 6.07) is 6.11. The number of para-hydroxylation sites is 1. The first-order chi connectivity index (χ1) is 14.7. The first-order valence-electron chi connectivity index (χ1n) is 9.75. The standard InChI is InChI=1S/C20H23BF2N2O6/c1-2-18(26)25-8-7-20(22,23)10-14(25)12-31-19(27)24-17(21(28)29)9-13-11-30-16-6-4-3-5-15(13)16/h2-6,11,14,17,28-29H,1,7-10,12H2,(H,24,27)/t14-,17?/m1/s1. The molecule has 2 atom stereocenters. The van der Waals surface area contributed by atoms with E-state index in [2.05, 4.69) is 11.9 Å². The minimum Gasteiger partial charge on any atom is -0.464 e. The summed E-state index contributed by atoms with van der Waals surface area (Å²) in [5.74, 6) is -4.64. The van der Waals surface area contributed by atoms with Gasteiger partial charge in [-0.1, -0.05) is 24.8 Å². The van der Waals surface area contributed by atoms with Crippen LogP contribution in [0.3, 0.4) is 0 Å². The highest BCUT2D eigenvalue weighted by molar-refractivity contribution is 6.43. The fraction of sp³-hybridized carbons (Fsp3) is 0.400. The zero-order chi connectivity index (χ0) is 22.6. The zero-order valence-corrected chi connectivity index (χ0v) is 16.7. The maximum Gasteiger partial charge on any atom is 0.475 e. The number of nitrogens with one attached hydrogen (secondary N) is 1. The molecule has 8 nitrogen and oxygen atoms in total. The predicted octanol–water partition coefficient (Wildman–Crippen LogP) is 1.89. The summed E-state index contributed by atoms with van der Waals surface area (Å²) in [6.45, 7) is 2.71. The van der Waals surface area contributed by atoms with Crippen LogP contribution in [0.5, 0.6) is 0 Å². The molecule has 11 heteroatoms. The average Bonchev–Trinajstić information content (AvgIpc) is 3.13. The van der Waals surface area contributed by atoms with Crippen LogP contribution in [-0.4, -0.2) is 65.1 Å². The number of alkyl halides is 2. The number of carbonyl (C=O) groups excluding carboxylic acids is 2. The first kappa shape index (κ1) is 22.8. The van der Waals surface area contributed by atoms with Crippen molar-refractivity contribution in [2.45, 2.75) is 37.2 Å². The maximum absolute atomic E-state index is 13.8. The van der Waals surface area contributed by atoms with Gasteiger partial charge in [0, 0.05) is 24.8 Å². The summed E-state index contributed by atoms with van der Waals surface area (Å²) in [4.78, 5) is 25.3. The van der Waals surface area contributed by atoms with Gasteiger partial charge >= 0.3 is 13.2 Å². The van der Waals surface area contributed by atoms with Crippen molar-refractivity contribution in [3.05, 3.63) is 48.7 Å². The van der Waals surface area contributed by atoms with Gasteiger partial charge in [0.2, 0.25) is 5.91 Å². The molecule has 2 aromatic rings. The van der Waals surface area contributed by atoms with Crippen LogP contribution in [0.1, 0.15) is 18.4 Å². The van der Waals surface area contributed by atoms with E-state index in [0.29, 0.717) is 11.1 Å². The number of furan rings is 1. The minimum absolute atomic E-state index is 0.0341. The molecule has 2 amide bonds. The van der Waals surface area contributed by atoms with Crippen molar-refractivity contribution in [1.29, 1.82) is 0 Å². The van der Waals surface area contributed by atoms with Gasteiger partial charge in [0.1, 0.15) is 12.2 Å². The van der Waals surface area contributed by atoms with Crippen molar-refractivity contribution in [2.75, 3.05) is 13.2 Å². The third-order valence-electron chi connectivity index (χ3n) is 5.22. The Morgan fingerprint density at radius 1 is 1.42 bits per heavy atom. The van der Waals surface area contributed by atoms with Gasteiger partial charge in [0.15, 0.2) is 0 Å². The minimum atomic E-state index is -2.98. The number of nitrogens with zero attached hydrogens (tertiary/aromatic N) is 1. The number of hydrogen-bond acceptors (Lipinski definition) is 6. The van der Waals surface area contributed by atoms with Gasteiger partial charge in [0.05, 0.1) is 18.2 Å². The second-order valence-electron chi connectivity index (χ2n) is 7.42. The van der Waals surface area contributed by atoms with Gasteiger partial charge in [0.25, 0.3) is 5.92 Å². The molecule has 2 heterocycles. The topological polar surface area (TPSA) is 112 Å². The lowest BCUT2D eigenvalue weighted by Crippen LogP contribution is -2.52. The van der Waals surface area contributed by atoms with Crippen molar-refractivity contribution in [2.24, 2.45) is 0 Å². The molecule has 1 aromatic carbocycles. The highest BCUT2D eigenvalue weighted by Gasteiger charge is 2.42. The monoisotopic (exact) mass is 436 g/mol. The summed E-state index contributed by atoms with van der Waals surface area (Å²) < 4.78 is 38.0. The Morgan fingerprint density at radius 3 is 2.87 bits per heavy atom. The second-order valence-corrected chi connectivity index (χ2v) is 7.42. The van der Waals surface area contributed by atoms with Crippen molar-refractivity contribution in [1.82, 2.24) is 10.2 Å². The summed E-state index contributed by atoms with van der Waals surface area (Å²) in [7, 11) is -1.90. The summed E-state index contributed by atoms with van der Waals surface area (Å²) in [5, 5.41) is 22.4. The molecule has 31 heavy (non-hydrogen) atoms. The molecule has 0 aliphatic carbocycles. The van der Waals surface area contributed by atoms with Gasteiger partial charge in [-0.3, -0.25) is 4.79 Å². The van der Waals surface area contributed by atoms with E-state index in [0.717, 1.165) is 11.5 Å². The van der Waals surface area contributed by atoms with E-state index in [1.807, 2.05) is 0 Å². The average molecular weight is 436 g/mol. The lowest BCUT2D eigenvalue weighted by Gasteiger charge is -2.38. The normalized spacial score (nSPS) is 19.0. The van der Waals surface area contributed by atoms with Crippen LogP contribution in [0.15, 0.2) is 47.6 Å². The number of fused-ring (bicyclic) bond motifs is 1. The summed E-state index contributed by atoms with van der Waals surface area (Å²) >= 11 is 0. The van der Waals surface area contributed by atoms with E-state index in [1.54, 1.807) is 24.3 Å². The van der Waals surface area contributed by atoms with Crippen LogP contribution < -0.4 is 5.32 Å². The van der Waals surface area contributed by atoms with Crippen LogP contribution in [0.2, 0.25) is 0 Å². The molecule has 0 bridgehead atoms. The molecule has 1 fully saturated rings. The van der Waals surface area contributed by atoms with Gasteiger partial charge in [-0.15, -0.1) is 0 Å². The molecule has 1 aliphatic rings. The van der Waals surface area contributed by atoms with Gasteiger partial charge in [-0.05, 0) is 24.1 Å². The lowest BCUT2D eigenvalue weighted by molar-refractivity contribution is -0.140. The maximum atomic E-state index is 13.8. The predicted molar refractivity (Wildman–Crippen MR) is 108 cm³/mol. The number of benzene rings is 1. The molecule has 166 valence electrons. The number of ether oxygens (including phenoxy) is 1. The number of rotatable bonds is 7. The molecule has 0 radical (unpaired) electrons. The number of alkyl carbamates (subject to hydrolysis) is 1. The van der Waals surface area contributed by atoms with Crippen LogP contribution in [0, 0.1) is 0 Å². The van der Waals surface area contributed by atoms with Crippen molar-refractivity contribution >= 4 is 30.1 Å². The van der Waals surface area contributed by atoms with E-state index in [-0.39, 0.29) is 13.0 Å². The van der Waals surface area contributed by atoms with Gasteiger partial charge in [-0.25, -0.2) is 13.6 Å². The van der Waals surface area contributed by atoms with Crippen molar-refractivity contribution in [3.63, 3.8) is 0 Å². The van der Waals surface area contributed by atoms with E-state index in [9.17, 15) is 28.4 Å². The number of amides is 2.